The van der Waals surface area contributed by atoms with Crippen LogP contribution in [-0.4, -0.2) is 6.61 Å². The van der Waals surface area contributed by atoms with Gasteiger partial charge in [-0.3, -0.25) is 4.57 Å². The van der Waals surface area contributed by atoms with Gasteiger partial charge in [-0.1, -0.05) is 24.8 Å². The van der Waals surface area contributed by atoms with Gasteiger partial charge in [0.15, 0.2) is 0 Å². The lowest BCUT2D eigenvalue weighted by molar-refractivity contribution is 0.347. The molecule has 0 fully saturated rings. The fourth-order valence-electron chi connectivity index (χ4n) is 1.13. The quantitative estimate of drug-likeness (QED) is 0.561. The zero-order valence-corrected chi connectivity index (χ0v) is 9.04. The summed E-state index contributed by atoms with van der Waals surface area (Å²) in [4.78, 5) is 0. The minimum absolute atomic E-state index is 0.407. The number of hydrogen-bond donors (Lipinski definition) is 0. The number of rotatable bonds is 4. The van der Waals surface area contributed by atoms with E-state index in [0.717, 1.165) is 0 Å². The van der Waals surface area contributed by atoms with Crippen LogP contribution in [0.15, 0.2) is 48.5 Å². The van der Waals surface area contributed by atoms with Crippen molar-refractivity contribution in [1.29, 1.82) is 0 Å². The molecule has 0 N–H and O–H groups in total. The third-order valence-electron chi connectivity index (χ3n) is 1.70. The summed E-state index contributed by atoms with van der Waals surface area (Å²) in [7, 11) is -2.87. The Morgan fingerprint density at radius 1 is 1.50 bits per heavy atom. The van der Waals surface area contributed by atoms with E-state index in [-0.39, 0.29) is 0 Å². The molecule has 0 spiro atoms. The van der Waals surface area contributed by atoms with Crippen molar-refractivity contribution in [2.45, 2.75) is 6.92 Å². The van der Waals surface area contributed by atoms with Gasteiger partial charge < -0.3 is 4.52 Å². The minimum Gasteiger partial charge on any atom is -0.322 e. The van der Waals surface area contributed by atoms with Gasteiger partial charge in [-0.2, -0.15) is 0 Å². The summed E-state index contributed by atoms with van der Waals surface area (Å²) in [5, 5.41) is 0.679. The van der Waals surface area contributed by atoms with Crippen LogP contribution in [0.3, 0.4) is 0 Å². The van der Waals surface area contributed by atoms with Gasteiger partial charge in [0.1, 0.15) is 0 Å². The molecule has 14 heavy (non-hydrogen) atoms. The molecular formula is C11H13O2P. The molecule has 0 saturated heterocycles. The molecule has 1 unspecified atom stereocenters. The lowest BCUT2D eigenvalue weighted by Crippen LogP contribution is -2.04. The van der Waals surface area contributed by atoms with Crippen molar-refractivity contribution in [3.8, 4) is 0 Å². The molecule has 0 aliphatic rings. The maximum absolute atomic E-state index is 12.2. The highest BCUT2D eigenvalue weighted by molar-refractivity contribution is 7.70. The molecule has 0 bridgehead atoms. The summed E-state index contributed by atoms with van der Waals surface area (Å²) >= 11 is 0. The molecule has 1 rings (SSSR count). The van der Waals surface area contributed by atoms with Crippen molar-refractivity contribution < 1.29 is 9.09 Å². The molecule has 0 aliphatic carbocycles. The van der Waals surface area contributed by atoms with Crippen LogP contribution in [0.5, 0.6) is 0 Å². The lowest BCUT2D eigenvalue weighted by Gasteiger charge is -2.12. The zero-order chi connectivity index (χ0) is 10.4. The predicted molar refractivity (Wildman–Crippen MR) is 59.0 cm³/mol. The molecule has 2 nitrogen and oxygen atoms in total. The van der Waals surface area contributed by atoms with Gasteiger partial charge in [0.05, 0.1) is 6.61 Å². The van der Waals surface area contributed by atoms with E-state index >= 15 is 0 Å². The van der Waals surface area contributed by atoms with Crippen molar-refractivity contribution >= 4 is 12.7 Å². The SMILES string of the molecule is C=C=CP(=O)(OCC)c1ccccc1. The van der Waals surface area contributed by atoms with Crippen molar-refractivity contribution in [2.75, 3.05) is 6.61 Å². The van der Waals surface area contributed by atoms with E-state index in [4.69, 9.17) is 4.52 Å². The Labute approximate surface area is 84.4 Å². The molecule has 1 aromatic rings. The topological polar surface area (TPSA) is 26.3 Å². The monoisotopic (exact) mass is 208 g/mol. The Morgan fingerprint density at radius 2 is 2.14 bits per heavy atom. The second-order valence-corrected chi connectivity index (χ2v) is 4.91. The lowest BCUT2D eigenvalue weighted by atomic mass is 10.4. The van der Waals surface area contributed by atoms with Gasteiger partial charge in [0, 0.05) is 11.1 Å². The second-order valence-electron chi connectivity index (χ2n) is 2.68. The minimum atomic E-state index is -2.87. The summed E-state index contributed by atoms with van der Waals surface area (Å²) in [5.41, 5.74) is 2.53. The van der Waals surface area contributed by atoms with Crippen LogP contribution in [0, 0.1) is 0 Å². The van der Waals surface area contributed by atoms with E-state index in [2.05, 4.69) is 12.3 Å². The van der Waals surface area contributed by atoms with Gasteiger partial charge >= 0.3 is 0 Å². The number of benzene rings is 1. The van der Waals surface area contributed by atoms with Gasteiger partial charge in [-0.05, 0) is 19.1 Å². The van der Waals surface area contributed by atoms with Gasteiger partial charge in [-0.15, -0.1) is 5.73 Å². The van der Waals surface area contributed by atoms with E-state index in [9.17, 15) is 4.57 Å². The molecule has 0 aliphatic heterocycles. The first kappa shape index (κ1) is 11.0. The van der Waals surface area contributed by atoms with Gasteiger partial charge in [0.25, 0.3) is 7.37 Å². The van der Waals surface area contributed by atoms with Gasteiger partial charge in [-0.25, -0.2) is 0 Å². The first-order chi connectivity index (χ1) is 6.73. The maximum atomic E-state index is 12.2. The Bertz CT molecular complexity index is 378. The summed E-state index contributed by atoms with van der Waals surface area (Å²) in [6.45, 7) is 5.64. The van der Waals surface area contributed by atoms with Crippen LogP contribution in [-0.2, 0) is 9.09 Å². The van der Waals surface area contributed by atoms with Gasteiger partial charge in [0.2, 0.25) is 0 Å². The molecule has 0 saturated carbocycles. The summed E-state index contributed by atoms with van der Waals surface area (Å²) in [6.07, 6.45) is 0. The maximum Gasteiger partial charge on any atom is 0.261 e. The first-order valence-electron chi connectivity index (χ1n) is 4.40. The second kappa shape index (κ2) is 4.97. The molecule has 0 aromatic heterocycles. The van der Waals surface area contributed by atoms with E-state index < -0.39 is 7.37 Å². The van der Waals surface area contributed by atoms with Crippen LogP contribution in [0.1, 0.15) is 6.92 Å². The molecule has 0 amide bonds. The highest BCUT2D eigenvalue weighted by atomic mass is 31.2. The Kier molecular flexibility index (Phi) is 3.91. The smallest absolute Gasteiger partial charge is 0.261 e. The van der Waals surface area contributed by atoms with Crippen LogP contribution in [0.25, 0.3) is 0 Å². The van der Waals surface area contributed by atoms with Crippen LogP contribution >= 0.6 is 7.37 Å². The molecule has 0 heterocycles. The third kappa shape index (κ3) is 2.46. The molecule has 1 aromatic carbocycles. The fourth-order valence-corrected chi connectivity index (χ4v) is 2.72. The largest absolute Gasteiger partial charge is 0.322 e. The molecule has 0 radical (unpaired) electrons. The highest BCUT2D eigenvalue weighted by Gasteiger charge is 2.20. The molecule has 3 heteroatoms. The van der Waals surface area contributed by atoms with Crippen molar-refractivity contribution in [1.82, 2.24) is 0 Å². The Morgan fingerprint density at radius 3 is 2.64 bits per heavy atom. The first-order valence-corrected chi connectivity index (χ1v) is 6.09. The van der Waals surface area contributed by atoms with E-state index in [1.807, 2.05) is 25.1 Å². The Hall–Kier alpha value is -1.07. The highest BCUT2D eigenvalue weighted by Crippen LogP contribution is 2.46. The van der Waals surface area contributed by atoms with E-state index in [1.54, 1.807) is 12.1 Å². The van der Waals surface area contributed by atoms with Crippen molar-refractivity contribution in [3.05, 3.63) is 48.5 Å². The van der Waals surface area contributed by atoms with Crippen molar-refractivity contribution in [2.24, 2.45) is 0 Å². The van der Waals surface area contributed by atoms with Crippen LogP contribution in [0.4, 0.5) is 0 Å². The van der Waals surface area contributed by atoms with E-state index in [0.29, 0.717) is 11.9 Å². The van der Waals surface area contributed by atoms with Crippen molar-refractivity contribution in [3.63, 3.8) is 0 Å². The summed E-state index contributed by atoms with van der Waals surface area (Å²) in [6, 6.07) is 9.10. The average molecular weight is 208 g/mol. The fraction of sp³-hybridized carbons (Fsp3) is 0.182. The molecule has 74 valence electrons. The average Bonchev–Trinajstić information content (AvgIpc) is 2.20. The predicted octanol–water partition coefficient (Wildman–Crippen LogP) is 2.93. The zero-order valence-electron chi connectivity index (χ0n) is 8.14. The third-order valence-corrected chi connectivity index (χ3v) is 3.88. The normalized spacial score (nSPS) is 14.1. The summed E-state index contributed by atoms with van der Waals surface area (Å²) < 4.78 is 17.5. The molecule has 1 atom stereocenters. The Balaban J connectivity index is 3.12. The standard InChI is InChI=1S/C11H13O2P/c1-3-10-14(12,13-4-2)11-8-6-5-7-9-11/h5-10H,1,4H2,2H3. The van der Waals surface area contributed by atoms with E-state index in [1.165, 1.54) is 5.82 Å². The summed E-state index contributed by atoms with van der Waals surface area (Å²) in [5.74, 6) is 1.41. The van der Waals surface area contributed by atoms with Crippen LogP contribution < -0.4 is 5.30 Å². The molecular weight excluding hydrogens is 195 g/mol. The number of hydrogen-bond acceptors (Lipinski definition) is 2. The van der Waals surface area contributed by atoms with Crippen LogP contribution in [0.2, 0.25) is 0 Å².